The van der Waals surface area contributed by atoms with Gasteiger partial charge in [0.05, 0.1) is 0 Å². The summed E-state index contributed by atoms with van der Waals surface area (Å²) in [5, 5.41) is 2.99. The molecule has 0 amide bonds. The van der Waals surface area contributed by atoms with E-state index in [4.69, 9.17) is 0 Å². The van der Waals surface area contributed by atoms with E-state index in [0.29, 0.717) is 19.1 Å². The predicted octanol–water partition coefficient (Wildman–Crippen LogP) is -0.633. The molecule has 0 unspecified atom stereocenters. The summed E-state index contributed by atoms with van der Waals surface area (Å²) in [5.74, 6) is 0. The van der Waals surface area contributed by atoms with Gasteiger partial charge >= 0.3 is 0 Å². The minimum Gasteiger partial charge on any atom is -0.306 e. The molecule has 1 rings (SSSR count). The predicted molar refractivity (Wildman–Crippen MR) is 26.2 cm³/mol. The van der Waals surface area contributed by atoms with Crippen molar-refractivity contribution in [3.05, 3.63) is 4.91 Å². The van der Waals surface area contributed by atoms with Crippen LogP contribution in [0.25, 0.3) is 0 Å². The van der Waals surface area contributed by atoms with Gasteiger partial charge < -0.3 is 5.32 Å². The van der Waals surface area contributed by atoms with Crippen LogP contribution in [0.5, 0.6) is 0 Å². The van der Waals surface area contributed by atoms with Gasteiger partial charge in [0, 0.05) is 9.67 Å². The Kier molecular flexibility index (Phi) is 1.06. The van der Waals surface area contributed by atoms with Gasteiger partial charge in [-0.2, -0.15) is 0 Å². The van der Waals surface area contributed by atoms with Crippen LogP contribution in [0.1, 0.15) is 0 Å². The maximum absolute atomic E-state index is 10.1. The third kappa shape index (κ3) is 0.771. The van der Waals surface area contributed by atoms with Gasteiger partial charge in [-0.05, 0) is 7.05 Å². The van der Waals surface area contributed by atoms with E-state index >= 15 is 0 Å². The Bertz CT molecular complexity index is 83.7. The van der Waals surface area contributed by atoms with Gasteiger partial charge in [-0.15, -0.1) is 0 Å². The molecule has 1 N–H and O–H groups in total. The zero-order chi connectivity index (χ0) is 5.28. The summed E-state index contributed by atoms with van der Waals surface area (Å²) in [6, 6.07) is 0.456. The van der Waals surface area contributed by atoms with Gasteiger partial charge in [-0.3, -0.25) is 0 Å². The average Bonchev–Trinajstić information content (AvgIpc) is 1.58. The molecular formula is C4H9N2O+. The van der Waals surface area contributed by atoms with Gasteiger partial charge in [0.15, 0.2) is 0 Å². The van der Waals surface area contributed by atoms with E-state index < -0.39 is 0 Å². The van der Waals surface area contributed by atoms with Crippen molar-refractivity contribution in [1.29, 1.82) is 0 Å². The fourth-order valence-electron chi connectivity index (χ4n) is 0.621. The number of hydrogen-bond donors (Lipinski definition) is 1. The highest BCUT2D eigenvalue weighted by Crippen LogP contribution is 1.96. The molecule has 3 heteroatoms. The number of nitrogens with one attached hydrogen (secondary N) is 1. The Morgan fingerprint density at radius 2 is 2.29 bits per heavy atom. The fourth-order valence-corrected chi connectivity index (χ4v) is 0.621. The fraction of sp³-hybridized carbons (Fsp3) is 1.00. The summed E-state index contributed by atoms with van der Waals surface area (Å²) in [6.45, 7) is 1.33. The first-order valence-corrected chi connectivity index (χ1v) is 2.42. The maximum Gasteiger partial charge on any atom is 0.213 e. The van der Waals surface area contributed by atoms with E-state index in [0.717, 1.165) is 4.76 Å². The summed E-state index contributed by atoms with van der Waals surface area (Å²) >= 11 is 0. The van der Waals surface area contributed by atoms with Gasteiger partial charge in [-0.25, -0.2) is 0 Å². The Hall–Kier alpha value is -0.440. The largest absolute Gasteiger partial charge is 0.306 e. The van der Waals surface area contributed by atoms with Crippen molar-refractivity contribution >= 4 is 0 Å². The molecule has 0 aromatic rings. The van der Waals surface area contributed by atoms with Gasteiger partial charge in [0.2, 0.25) is 13.1 Å². The molecule has 1 fully saturated rings. The zero-order valence-corrected chi connectivity index (χ0v) is 4.35. The molecule has 1 heterocycles. The molecule has 1 aliphatic rings. The van der Waals surface area contributed by atoms with E-state index in [9.17, 15) is 4.91 Å². The van der Waals surface area contributed by atoms with Crippen LogP contribution in [0.2, 0.25) is 0 Å². The van der Waals surface area contributed by atoms with Crippen LogP contribution in [0.15, 0.2) is 0 Å². The summed E-state index contributed by atoms with van der Waals surface area (Å²) in [4.78, 5) is 10.1. The second-order valence-corrected chi connectivity index (χ2v) is 1.83. The number of rotatable bonds is 1. The van der Waals surface area contributed by atoms with Crippen molar-refractivity contribution in [3.63, 3.8) is 0 Å². The number of likely N-dealkylation sites (N-methyl/N-ethyl adjacent to an activating group) is 1. The number of nitrogens with zero attached hydrogens (tertiary/aromatic N) is 1. The van der Waals surface area contributed by atoms with E-state index in [1.54, 1.807) is 0 Å². The molecule has 0 aromatic carbocycles. The van der Waals surface area contributed by atoms with Gasteiger partial charge in [-0.1, -0.05) is 0 Å². The van der Waals surface area contributed by atoms with Crippen LogP contribution in [-0.4, -0.2) is 30.9 Å². The monoisotopic (exact) mass is 101 g/mol. The van der Waals surface area contributed by atoms with Crippen molar-refractivity contribution < 1.29 is 4.76 Å². The normalized spacial score (nSPS) is 22.1. The molecule has 1 aliphatic heterocycles. The first-order chi connectivity index (χ1) is 3.33. The highest BCUT2D eigenvalue weighted by molar-refractivity contribution is 4.66. The topological polar surface area (TPSA) is 32.1 Å². The van der Waals surface area contributed by atoms with Crippen LogP contribution in [0, 0.1) is 4.91 Å². The van der Waals surface area contributed by atoms with Crippen molar-refractivity contribution in [2.75, 3.05) is 20.1 Å². The Labute approximate surface area is 42.3 Å². The van der Waals surface area contributed by atoms with Gasteiger partial charge in [0.1, 0.15) is 6.04 Å². The lowest BCUT2D eigenvalue weighted by Gasteiger charge is -2.14. The molecule has 0 aliphatic carbocycles. The Morgan fingerprint density at radius 3 is 2.43 bits per heavy atom. The third-order valence-electron chi connectivity index (χ3n) is 1.26. The summed E-state index contributed by atoms with van der Waals surface area (Å²) < 4.78 is 1.04. The van der Waals surface area contributed by atoms with Crippen molar-refractivity contribution in [2.24, 2.45) is 0 Å². The van der Waals surface area contributed by atoms with Gasteiger partial charge in [0.25, 0.3) is 0 Å². The molecule has 0 bridgehead atoms. The SMILES string of the molecule is CNC1C[N+](=O)C1. The summed E-state index contributed by atoms with van der Waals surface area (Å²) in [7, 11) is 1.87. The van der Waals surface area contributed by atoms with Crippen LogP contribution >= 0.6 is 0 Å². The molecule has 0 spiro atoms. The van der Waals surface area contributed by atoms with E-state index in [-0.39, 0.29) is 0 Å². The van der Waals surface area contributed by atoms with E-state index in [1.165, 1.54) is 0 Å². The van der Waals surface area contributed by atoms with E-state index in [2.05, 4.69) is 5.32 Å². The quantitative estimate of drug-likeness (QED) is 0.446. The lowest BCUT2D eigenvalue weighted by atomic mass is 10.2. The second-order valence-electron chi connectivity index (χ2n) is 1.83. The zero-order valence-electron chi connectivity index (χ0n) is 4.35. The second kappa shape index (κ2) is 1.58. The lowest BCUT2D eigenvalue weighted by molar-refractivity contribution is -0.610. The minimum absolute atomic E-state index is 0.456. The Balaban J connectivity index is 2.17. The average molecular weight is 101 g/mol. The van der Waals surface area contributed by atoms with Crippen LogP contribution in [-0.2, 0) is 0 Å². The highest BCUT2D eigenvalue weighted by atomic mass is 16.3. The lowest BCUT2D eigenvalue weighted by Crippen LogP contribution is -2.50. The van der Waals surface area contributed by atoms with E-state index in [1.807, 2.05) is 7.05 Å². The molecule has 40 valence electrons. The summed E-state index contributed by atoms with van der Waals surface area (Å²) in [6.07, 6.45) is 0. The molecule has 0 saturated carbocycles. The molecule has 3 nitrogen and oxygen atoms in total. The highest BCUT2D eigenvalue weighted by Gasteiger charge is 2.32. The van der Waals surface area contributed by atoms with Crippen LogP contribution in [0.4, 0.5) is 0 Å². The smallest absolute Gasteiger partial charge is 0.213 e. The molecule has 1 saturated heterocycles. The molecule has 0 radical (unpaired) electrons. The third-order valence-corrected chi connectivity index (χ3v) is 1.26. The van der Waals surface area contributed by atoms with Crippen molar-refractivity contribution in [2.45, 2.75) is 6.04 Å². The molecular weight excluding hydrogens is 92.1 g/mol. The van der Waals surface area contributed by atoms with Crippen molar-refractivity contribution in [3.8, 4) is 0 Å². The first kappa shape index (κ1) is 4.71. The Morgan fingerprint density at radius 1 is 1.71 bits per heavy atom. The minimum atomic E-state index is 0.456. The van der Waals surface area contributed by atoms with Crippen LogP contribution in [0.3, 0.4) is 0 Å². The summed E-state index contributed by atoms with van der Waals surface area (Å²) in [5.41, 5.74) is 0. The van der Waals surface area contributed by atoms with Crippen LogP contribution < -0.4 is 5.32 Å². The number of nitroso groups, excluding NO2 is 1. The number of hydrogen-bond acceptors (Lipinski definition) is 2. The maximum atomic E-state index is 10.1. The molecule has 7 heavy (non-hydrogen) atoms. The molecule has 0 aromatic heterocycles. The first-order valence-electron chi connectivity index (χ1n) is 2.42. The standard InChI is InChI=1S/C4H9N2O/c1-5-4-2-6(7)3-4/h4-5H,2-3H2,1H3/q+1. The molecule has 0 atom stereocenters. The van der Waals surface area contributed by atoms with Crippen molar-refractivity contribution in [1.82, 2.24) is 5.32 Å².